The van der Waals surface area contributed by atoms with Crippen molar-refractivity contribution in [3.05, 3.63) is 34.0 Å². The van der Waals surface area contributed by atoms with Gasteiger partial charge in [0.05, 0.1) is 11.0 Å². The van der Waals surface area contributed by atoms with Crippen molar-refractivity contribution < 1.29 is 4.42 Å². The van der Waals surface area contributed by atoms with E-state index in [0.29, 0.717) is 6.04 Å². The highest BCUT2D eigenvalue weighted by molar-refractivity contribution is 9.10. The van der Waals surface area contributed by atoms with Gasteiger partial charge in [0.1, 0.15) is 11.3 Å². The first-order valence-corrected chi connectivity index (χ1v) is 7.35. The van der Waals surface area contributed by atoms with Gasteiger partial charge in [-0.15, -0.1) is 0 Å². The summed E-state index contributed by atoms with van der Waals surface area (Å²) in [5, 5.41) is 4.67. The Kier molecular flexibility index (Phi) is 4.46. The molecule has 0 saturated heterocycles. The zero-order valence-corrected chi connectivity index (χ0v) is 12.8. The summed E-state index contributed by atoms with van der Waals surface area (Å²) in [5.41, 5.74) is 2.32. The molecule has 0 aliphatic heterocycles. The Morgan fingerprint density at radius 2 is 2.11 bits per heavy atom. The zero-order chi connectivity index (χ0) is 13.1. The van der Waals surface area contributed by atoms with E-state index >= 15 is 0 Å². The first-order valence-electron chi connectivity index (χ1n) is 6.55. The van der Waals surface area contributed by atoms with E-state index < -0.39 is 0 Å². The molecule has 0 unspecified atom stereocenters. The summed E-state index contributed by atoms with van der Waals surface area (Å²) >= 11 is 3.56. The van der Waals surface area contributed by atoms with E-state index in [4.69, 9.17) is 4.42 Å². The topological polar surface area (TPSA) is 25.2 Å². The number of aryl methyl sites for hydroxylation is 1. The van der Waals surface area contributed by atoms with Crippen molar-refractivity contribution in [2.45, 2.75) is 46.2 Å². The number of nitrogens with one attached hydrogen (secondary N) is 1. The smallest absolute Gasteiger partial charge is 0.148 e. The van der Waals surface area contributed by atoms with Crippen LogP contribution < -0.4 is 5.32 Å². The van der Waals surface area contributed by atoms with Gasteiger partial charge in [0.15, 0.2) is 0 Å². The van der Waals surface area contributed by atoms with Crippen LogP contribution in [0.15, 0.2) is 27.1 Å². The van der Waals surface area contributed by atoms with Crippen molar-refractivity contribution in [3.8, 4) is 0 Å². The van der Waals surface area contributed by atoms with Crippen LogP contribution in [0, 0.1) is 0 Å². The zero-order valence-electron chi connectivity index (χ0n) is 11.2. The first-order chi connectivity index (χ1) is 8.63. The van der Waals surface area contributed by atoms with Gasteiger partial charge in [-0.2, -0.15) is 0 Å². The number of hydrogen-bond acceptors (Lipinski definition) is 2. The third kappa shape index (κ3) is 2.78. The standard InChI is InChI=1S/C15H20BrNO/c1-4-6-11-12-7-5-8-13(16)15(12)18-14(11)9-17-10(2)3/h5,7-8,10,17H,4,6,9H2,1-3H3. The Morgan fingerprint density at radius 3 is 2.78 bits per heavy atom. The van der Waals surface area contributed by atoms with Crippen molar-refractivity contribution in [3.63, 3.8) is 0 Å². The molecule has 1 heterocycles. The van der Waals surface area contributed by atoms with E-state index in [1.807, 2.05) is 6.07 Å². The Hall–Kier alpha value is -0.800. The fourth-order valence-electron chi connectivity index (χ4n) is 2.15. The molecular weight excluding hydrogens is 290 g/mol. The molecule has 0 saturated carbocycles. The van der Waals surface area contributed by atoms with Crippen LogP contribution in [0.1, 0.15) is 38.5 Å². The van der Waals surface area contributed by atoms with Gasteiger partial charge in [-0.1, -0.05) is 39.3 Å². The van der Waals surface area contributed by atoms with Gasteiger partial charge in [-0.3, -0.25) is 0 Å². The van der Waals surface area contributed by atoms with Crippen molar-refractivity contribution in [1.82, 2.24) is 5.32 Å². The highest BCUT2D eigenvalue weighted by Gasteiger charge is 2.15. The van der Waals surface area contributed by atoms with Crippen molar-refractivity contribution in [2.75, 3.05) is 0 Å². The summed E-state index contributed by atoms with van der Waals surface area (Å²) in [7, 11) is 0. The molecule has 2 rings (SSSR count). The Morgan fingerprint density at radius 1 is 1.33 bits per heavy atom. The lowest BCUT2D eigenvalue weighted by molar-refractivity contribution is 0.482. The third-order valence-corrected chi connectivity index (χ3v) is 3.65. The number of para-hydroxylation sites is 1. The quantitative estimate of drug-likeness (QED) is 0.870. The van der Waals surface area contributed by atoms with Gasteiger partial charge < -0.3 is 9.73 Å². The minimum atomic E-state index is 0.469. The lowest BCUT2D eigenvalue weighted by Gasteiger charge is -2.07. The molecular formula is C15H20BrNO. The van der Waals surface area contributed by atoms with Gasteiger partial charge in [0, 0.05) is 17.0 Å². The summed E-state index contributed by atoms with van der Waals surface area (Å²) in [6.45, 7) is 7.31. The van der Waals surface area contributed by atoms with Crippen LogP contribution in [0.25, 0.3) is 11.0 Å². The van der Waals surface area contributed by atoms with Crippen LogP contribution in [-0.2, 0) is 13.0 Å². The average molecular weight is 310 g/mol. The fourth-order valence-corrected chi connectivity index (χ4v) is 2.60. The van der Waals surface area contributed by atoms with E-state index in [2.05, 4.69) is 54.2 Å². The predicted octanol–water partition coefficient (Wildman–Crippen LogP) is 4.65. The maximum absolute atomic E-state index is 6.02. The van der Waals surface area contributed by atoms with E-state index in [-0.39, 0.29) is 0 Å². The Labute approximate surface area is 117 Å². The summed E-state index contributed by atoms with van der Waals surface area (Å²) in [4.78, 5) is 0. The molecule has 1 aromatic heterocycles. The molecule has 0 radical (unpaired) electrons. The molecule has 18 heavy (non-hydrogen) atoms. The Balaban J connectivity index is 2.43. The molecule has 98 valence electrons. The molecule has 0 aliphatic carbocycles. The fraction of sp³-hybridized carbons (Fsp3) is 0.467. The lowest BCUT2D eigenvalue weighted by atomic mass is 10.1. The van der Waals surface area contributed by atoms with E-state index in [1.54, 1.807) is 0 Å². The van der Waals surface area contributed by atoms with Gasteiger partial charge in [-0.05, 0) is 28.4 Å². The summed E-state index contributed by atoms with van der Waals surface area (Å²) in [6.07, 6.45) is 2.20. The lowest BCUT2D eigenvalue weighted by Crippen LogP contribution is -2.22. The molecule has 3 heteroatoms. The molecule has 0 spiro atoms. The first kappa shape index (κ1) is 13.6. The van der Waals surface area contributed by atoms with E-state index in [9.17, 15) is 0 Å². The van der Waals surface area contributed by atoms with Crippen LogP contribution in [0.3, 0.4) is 0 Å². The minimum Gasteiger partial charge on any atom is -0.458 e. The molecule has 0 atom stereocenters. The number of benzene rings is 1. The van der Waals surface area contributed by atoms with Gasteiger partial charge >= 0.3 is 0 Å². The second-order valence-electron chi connectivity index (χ2n) is 4.91. The summed E-state index contributed by atoms with van der Waals surface area (Å²) in [6, 6.07) is 6.71. The SMILES string of the molecule is CCCc1c(CNC(C)C)oc2c(Br)cccc12. The summed E-state index contributed by atoms with van der Waals surface area (Å²) in [5.74, 6) is 1.08. The van der Waals surface area contributed by atoms with Gasteiger partial charge in [0.25, 0.3) is 0 Å². The number of fused-ring (bicyclic) bond motifs is 1. The molecule has 0 fully saturated rings. The van der Waals surface area contributed by atoms with Gasteiger partial charge in [-0.25, -0.2) is 0 Å². The van der Waals surface area contributed by atoms with E-state index in [0.717, 1.165) is 35.2 Å². The molecule has 0 aliphatic rings. The highest BCUT2D eigenvalue weighted by Crippen LogP contribution is 2.32. The maximum Gasteiger partial charge on any atom is 0.148 e. The number of furan rings is 1. The largest absolute Gasteiger partial charge is 0.458 e. The molecule has 0 bridgehead atoms. The number of rotatable bonds is 5. The molecule has 0 amide bonds. The van der Waals surface area contributed by atoms with Crippen LogP contribution in [0.2, 0.25) is 0 Å². The van der Waals surface area contributed by atoms with Crippen LogP contribution in [-0.4, -0.2) is 6.04 Å². The number of hydrogen-bond donors (Lipinski definition) is 1. The summed E-state index contributed by atoms with van der Waals surface area (Å²) < 4.78 is 7.06. The average Bonchev–Trinajstić information content (AvgIpc) is 2.67. The van der Waals surface area contributed by atoms with Crippen molar-refractivity contribution in [2.24, 2.45) is 0 Å². The molecule has 1 N–H and O–H groups in total. The van der Waals surface area contributed by atoms with Crippen LogP contribution >= 0.6 is 15.9 Å². The van der Waals surface area contributed by atoms with Crippen molar-refractivity contribution >= 4 is 26.9 Å². The molecule has 1 aromatic carbocycles. The second-order valence-corrected chi connectivity index (χ2v) is 5.76. The minimum absolute atomic E-state index is 0.469. The van der Waals surface area contributed by atoms with Crippen LogP contribution in [0.5, 0.6) is 0 Å². The predicted molar refractivity (Wildman–Crippen MR) is 79.9 cm³/mol. The monoisotopic (exact) mass is 309 g/mol. The number of halogens is 1. The van der Waals surface area contributed by atoms with Crippen LogP contribution in [0.4, 0.5) is 0 Å². The molecule has 2 aromatic rings. The second kappa shape index (κ2) is 5.89. The third-order valence-electron chi connectivity index (χ3n) is 3.02. The molecule has 2 nitrogen and oxygen atoms in total. The highest BCUT2D eigenvalue weighted by atomic mass is 79.9. The Bertz CT molecular complexity index is 531. The normalized spacial score (nSPS) is 11.6. The van der Waals surface area contributed by atoms with Crippen molar-refractivity contribution in [1.29, 1.82) is 0 Å². The maximum atomic E-state index is 6.02. The van der Waals surface area contributed by atoms with Gasteiger partial charge in [0.2, 0.25) is 0 Å². The van der Waals surface area contributed by atoms with E-state index in [1.165, 1.54) is 10.9 Å².